The predicted octanol–water partition coefficient (Wildman–Crippen LogP) is 0.858. The highest BCUT2D eigenvalue weighted by Gasteiger charge is 1.95. The number of nitrogens with one attached hydrogen (secondary N) is 2. The molecule has 3 N–H and O–H groups in total. The number of carbonyl (C=O) groups excluding carboxylic acids is 1. The molecule has 0 aromatic rings. The maximum Gasteiger partial charge on any atom is 0.314 e. The lowest BCUT2D eigenvalue weighted by Gasteiger charge is -2.04. The maximum atomic E-state index is 10.9. The Labute approximate surface area is 79.7 Å². The highest BCUT2D eigenvalue weighted by atomic mass is 16.2. The molecule has 0 bridgehead atoms. The van der Waals surface area contributed by atoms with E-state index < -0.39 is 0 Å². The van der Waals surface area contributed by atoms with Crippen LogP contribution >= 0.6 is 0 Å². The Bertz CT molecular complexity index is 129. The van der Waals surface area contributed by atoms with E-state index in [0.717, 1.165) is 32.2 Å². The maximum absolute atomic E-state index is 10.9. The van der Waals surface area contributed by atoms with Crippen LogP contribution in [-0.2, 0) is 0 Å². The fourth-order valence-corrected chi connectivity index (χ4v) is 1.02. The number of carbonyl (C=O) groups is 1. The fourth-order valence-electron chi connectivity index (χ4n) is 1.02. The summed E-state index contributed by atoms with van der Waals surface area (Å²) in [5, 5.41) is 13.9. The van der Waals surface area contributed by atoms with Crippen molar-refractivity contribution < 1.29 is 9.90 Å². The third-order valence-electron chi connectivity index (χ3n) is 1.71. The van der Waals surface area contributed by atoms with Gasteiger partial charge in [-0.2, -0.15) is 0 Å². The van der Waals surface area contributed by atoms with Crippen LogP contribution in [0, 0.1) is 0 Å². The first-order valence-corrected chi connectivity index (χ1v) is 4.93. The lowest BCUT2D eigenvalue weighted by molar-refractivity contribution is 0.241. The van der Waals surface area contributed by atoms with Gasteiger partial charge in [0.05, 0.1) is 0 Å². The van der Waals surface area contributed by atoms with E-state index in [4.69, 9.17) is 5.11 Å². The highest BCUT2D eigenvalue weighted by molar-refractivity contribution is 5.73. The Kier molecular flexibility index (Phi) is 8.77. The van der Waals surface area contributed by atoms with E-state index in [-0.39, 0.29) is 12.6 Å². The number of hydrogen-bond donors (Lipinski definition) is 3. The first kappa shape index (κ1) is 12.2. The number of aliphatic hydroxyl groups is 1. The summed E-state index contributed by atoms with van der Waals surface area (Å²) in [6.07, 6.45) is 3.94. The van der Waals surface area contributed by atoms with Crippen LogP contribution < -0.4 is 10.6 Å². The zero-order valence-electron chi connectivity index (χ0n) is 8.31. The third-order valence-corrected chi connectivity index (χ3v) is 1.71. The van der Waals surface area contributed by atoms with Gasteiger partial charge in [-0.15, -0.1) is 0 Å². The molecule has 0 heterocycles. The minimum Gasteiger partial charge on any atom is -0.396 e. The number of urea groups is 1. The minimum absolute atomic E-state index is 0.0929. The molecule has 78 valence electrons. The van der Waals surface area contributed by atoms with Crippen molar-refractivity contribution in [2.45, 2.75) is 32.6 Å². The molecule has 0 aliphatic heterocycles. The second kappa shape index (κ2) is 9.32. The first-order valence-electron chi connectivity index (χ1n) is 4.93. The number of rotatable bonds is 7. The van der Waals surface area contributed by atoms with Crippen molar-refractivity contribution in [2.75, 3.05) is 19.7 Å². The summed E-state index contributed by atoms with van der Waals surface area (Å²) in [4.78, 5) is 10.9. The van der Waals surface area contributed by atoms with E-state index in [1.807, 2.05) is 6.92 Å². The summed E-state index contributed by atoms with van der Waals surface area (Å²) in [6.45, 7) is 3.54. The number of unbranched alkanes of at least 4 members (excludes halogenated alkanes) is 3. The summed E-state index contributed by atoms with van der Waals surface area (Å²) in [7, 11) is 0. The molecule has 0 aromatic carbocycles. The van der Waals surface area contributed by atoms with Crippen molar-refractivity contribution >= 4 is 6.03 Å². The number of aliphatic hydroxyl groups excluding tert-OH is 1. The molecule has 0 aliphatic carbocycles. The van der Waals surface area contributed by atoms with E-state index >= 15 is 0 Å². The van der Waals surface area contributed by atoms with Crippen molar-refractivity contribution in [3.8, 4) is 0 Å². The molecular formula is C9H20N2O2. The second-order valence-corrected chi connectivity index (χ2v) is 2.92. The fraction of sp³-hybridized carbons (Fsp3) is 0.889. The standard InChI is InChI=1S/C9H20N2O2/c1-2-10-9(13)11-7-5-3-4-6-8-12/h12H,2-8H2,1H3,(H2,10,11,13). The SMILES string of the molecule is CCNC(=O)NCCCCCCO. The summed E-state index contributed by atoms with van der Waals surface area (Å²) in [6, 6.07) is -0.0929. The van der Waals surface area contributed by atoms with Gasteiger partial charge in [-0.1, -0.05) is 12.8 Å². The highest BCUT2D eigenvalue weighted by Crippen LogP contribution is 1.97. The molecule has 0 fully saturated rings. The Morgan fingerprint density at radius 2 is 1.85 bits per heavy atom. The van der Waals surface area contributed by atoms with E-state index in [2.05, 4.69) is 10.6 Å². The van der Waals surface area contributed by atoms with Crippen LogP contribution in [0.4, 0.5) is 4.79 Å². The van der Waals surface area contributed by atoms with E-state index in [1.165, 1.54) is 0 Å². The molecule has 0 spiro atoms. The predicted molar refractivity (Wildman–Crippen MR) is 52.6 cm³/mol. The van der Waals surface area contributed by atoms with Gasteiger partial charge < -0.3 is 15.7 Å². The van der Waals surface area contributed by atoms with E-state index in [9.17, 15) is 4.79 Å². The van der Waals surface area contributed by atoms with Crippen LogP contribution in [0.3, 0.4) is 0 Å². The normalized spacial score (nSPS) is 9.69. The van der Waals surface area contributed by atoms with Crippen molar-refractivity contribution in [2.24, 2.45) is 0 Å². The Morgan fingerprint density at radius 1 is 1.15 bits per heavy atom. The largest absolute Gasteiger partial charge is 0.396 e. The molecule has 0 radical (unpaired) electrons. The van der Waals surface area contributed by atoms with Crippen molar-refractivity contribution in [1.82, 2.24) is 10.6 Å². The molecule has 0 saturated carbocycles. The van der Waals surface area contributed by atoms with Gasteiger partial charge in [0.15, 0.2) is 0 Å². The van der Waals surface area contributed by atoms with Crippen LogP contribution in [0.2, 0.25) is 0 Å². The average Bonchev–Trinajstić information content (AvgIpc) is 2.11. The summed E-state index contributed by atoms with van der Waals surface area (Å²) < 4.78 is 0. The molecule has 13 heavy (non-hydrogen) atoms. The molecule has 0 aromatic heterocycles. The van der Waals surface area contributed by atoms with Gasteiger partial charge in [-0.3, -0.25) is 0 Å². The van der Waals surface area contributed by atoms with Crippen molar-refractivity contribution in [3.05, 3.63) is 0 Å². The van der Waals surface area contributed by atoms with Gasteiger partial charge in [0.1, 0.15) is 0 Å². The quantitative estimate of drug-likeness (QED) is 0.519. The van der Waals surface area contributed by atoms with E-state index in [1.54, 1.807) is 0 Å². The first-order chi connectivity index (χ1) is 6.31. The molecule has 0 atom stereocenters. The molecular weight excluding hydrogens is 168 g/mol. The summed E-state index contributed by atoms with van der Waals surface area (Å²) >= 11 is 0. The lowest BCUT2D eigenvalue weighted by Crippen LogP contribution is -2.35. The molecule has 0 aliphatic rings. The van der Waals surface area contributed by atoms with Crippen molar-refractivity contribution in [3.63, 3.8) is 0 Å². The Hall–Kier alpha value is -0.770. The molecule has 4 nitrogen and oxygen atoms in total. The molecule has 0 rings (SSSR count). The summed E-state index contributed by atoms with van der Waals surface area (Å²) in [5.41, 5.74) is 0. The van der Waals surface area contributed by atoms with E-state index in [0.29, 0.717) is 6.54 Å². The zero-order chi connectivity index (χ0) is 9.94. The van der Waals surface area contributed by atoms with Gasteiger partial charge >= 0.3 is 6.03 Å². The molecule has 4 heteroatoms. The minimum atomic E-state index is -0.0929. The number of hydrogen-bond acceptors (Lipinski definition) is 2. The summed E-state index contributed by atoms with van der Waals surface area (Å²) in [5.74, 6) is 0. The smallest absolute Gasteiger partial charge is 0.314 e. The zero-order valence-corrected chi connectivity index (χ0v) is 8.31. The van der Waals surface area contributed by atoms with Crippen molar-refractivity contribution in [1.29, 1.82) is 0 Å². The third kappa shape index (κ3) is 9.14. The topological polar surface area (TPSA) is 61.4 Å². The molecule has 0 saturated heterocycles. The average molecular weight is 188 g/mol. The van der Waals surface area contributed by atoms with Crippen LogP contribution in [0.25, 0.3) is 0 Å². The van der Waals surface area contributed by atoms with Gasteiger partial charge in [0, 0.05) is 19.7 Å². The molecule has 2 amide bonds. The Balaban J connectivity index is 3.02. The van der Waals surface area contributed by atoms with Crippen LogP contribution in [0.15, 0.2) is 0 Å². The van der Waals surface area contributed by atoms with Gasteiger partial charge in [0.2, 0.25) is 0 Å². The van der Waals surface area contributed by atoms with Gasteiger partial charge in [-0.25, -0.2) is 4.79 Å². The number of amides is 2. The second-order valence-electron chi connectivity index (χ2n) is 2.92. The van der Waals surface area contributed by atoms with Gasteiger partial charge in [0.25, 0.3) is 0 Å². The van der Waals surface area contributed by atoms with Crippen LogP contribution in [0.5, 0.6) is 0 Å². The van der Waals surface area contributed by atoms with Crippen LogP contribution in [-0.4, -0.2) is 30.8 Å². The molecule has 0 unspecified atom stereocenters. The lowest BCUT2D eigenvalue weighted by atomic mass is 10.2. The van der Waals surface area contributed by atoms with Gasteiger partial charge in [-0.05, 0) is 19.8 Å². The monoisotopic (exact) mass is 188 g/mol. The Morgan fingerprint density at radius 3 is 2.46 bits per heavy atom. The van der Waals surface area contributed by atoms with Crippen LogP contribution in [0.1, 0.15) is 32.6 Å².